The second kappa shape index (κ2) is 7.93. The number of aromatic nitrogens is 1. The van der Waals surface area contributed by atoms with Crippen LogP contribution in [0.3, 0.4) is 0 Å². The van der Waals surface area contributed by atoms with Crippen molar-refractivity contribution in [3.63, 3.8) is 0 Å². The fourth-order valence-electron chi connectivity index (χ4n) is 2.87. The van der Waals surface area contributed by atoms with E-state index in [0.717, 1.165) is 27.3 Å². The fourth-order valence-corrected chi connectivity index (χ4v) is 4.02. The van der Waals surface area contributed by atoms with Crippen molar-refractivity contribution in [2.75, 3.05) is 14.2 Å². The van der Waals surface area contributed by atoms with Crippen molar-refractivity contribution in [3.05, 3.63) is 47.7 Å². The summed E-state index contributed by atoms with van der Waals surface area (Å²) in [7, 11) is -1.67. The lowest BCUT2D eigenvalue weighted by Crippen LogP contribution is -1.95. The standard InChI is InChI=1S/C19H20NO6PS/c1-11-7-13(8-17(25-4)12(11)2)19-16(10-20-28-19)15-6-5-14(24-3)9-18(15)26-27(21,22)23/h5-10H,1-4H3,(H2,21,22,23). The van der Waals surface area contributed by atoms with E-state index in [0.29, 0.717) is 16.9 Å². The molecule has 9 heteroatoms. The molecule has 0 unspecified atom stereocenters. The van der Waals surface area contributed by atoms with Crippen LogP contribution in [0.2, 0.25) is 0 Å². The highest BCUT2D eigenvalue weighted by Gasteiger charge is 2.22. The molecule has 2 aromatic carbocycles. The minimum Gasteiger partial charge on any atom is -0.497 e. The maximum absolute atomic E-state index is 11.4. The predicted molar refractivity (Wildman–Crippen MR) is 108 cm³/mol. The summed E-state index contributed by atoms with van der Waals surface area (Å²) in [5, 5.41) is 0. The normalized spacial score (nSPS) is 11.4. The summed E-state index contributed by atoms with van der Waals surface area (Å²) in [6, 6.07) is 8.78. The van der Waals surface area contributed by atoms with Crippen molar-refractivity contribution in [2.45, 2.75) is 13.8 Å². The zero-order chi connectivity index (χ0) is 20.5. The summed E-state index contributed by atoms with van der Waals surface area (Å²) in [6.45, 7) is 3.98. The molecule has 3 rings (SSSR count). The Morgan fingerprint density at radius 3 is 2.39 bits per heavy atom. The van der Waals surface area contributed by atoms with Gasteiger partial charge in [-0.15, -0.1) is 0 Å². The van der Waals surface area contributed by atoms with Gasteiger partial charge in [0.15, 0.2) is 0 Å². The van der Waals surface area contributed by atoms with Crippen LogP contribution in [-0.4, -0.2) is 28.4 Å². The van der Waals surface area contributed by atoms with Gasteiger partial charge in [0.25, 0.3) is 0 Å². The van der Waals surface area contributed by atoms with Gasteiger partial charge < -0.3 is 14.0 Å². The molecule has 0 fully saturated rings. The largest absolute Gasteiger partial charge is 0.524 e. The fraction of sp³-hybridized carbons (Fsp3) is 0.211. The molecule has 3 aromatic rings. The number of nitrogens with zero attached hydrogens (tertiary/aromatic N) is 1. The summed E-state index contributed by atoms with van der Waals surface area (Å²) >= 11 is 1.28. The van der Waals surface area contributed by atoms with E-state index in [1.165, 1.54) is 24.7 Å². The Hall–Kier alpha value is -2.38. The second-order valence-corrected chi connectivity index (χ2v) is 8.10. The smallest absolute Gasteiger partial charge is 0.497 e. The molecular formula is C19H20NO6PS. The number of phosphoric acid groups is 1. The lowest BCUT2D eigenvalue weighted by Gasteiger charge is -2.14. The lowest BCUT2D eigenvalue weighted by atomic mass is 9.99. The Morgan fingerprint density at radius 1 is 1.00 bits per heavy atom. The Balaban J connectivity index is 2.17. The second-order valence-electron chi connectivity index (χ2n) is 6.13. The van der Waals surface area contributed by atoms with Crippen LogP contribution in [0, 0.1) is 13.8 Å². The van der Waals surface area contributed by atoms with Gasteiger partial charge in [0.1, 0.15) is 17.2 Å². The molecule has 0 spiro atoms. The van der Waals surface area contributed by atoms with Crippen molar-refractivity contribution in [1.82, 2.24) is 4.37 Å². The summed E-state index contributed by atoms with van der Waals surface area (Å²) in [6.07, 6.45) is 1.65. The average molecular weight is 421 g/mol. The molecular weight excluding hydrogens is 401 g/mol. The first-order valence-electron chi connectivity index (χ1n) is 8.27. The van der Waals surface area contributed by atoms with E-state index in [4.69, 9.17) is 14.0 Å². The van der Waals surface area contributed by atoms with Crippen molar-refractivity contribution >= 4 is 19.4 Å². The first-order chi connectivity index (χ1) is 13.2. The van der Waals surface area contributed by atoms with Crippen LogP contribution in [-0.2, 0) is 4.57 Å². The maximum atomic E-state index is 11.4. The number of rotatable bonds is 6. The van der Waals surface area contributed by atoms with E-state index in [1.54, 1.807) is 25.4 Å². The van der Waals surface area contributed by atoms with Crippen LogP contribution >= 0.6 is 19.4 Å². The highest BCUT2D eigenvalue weighted by Crippen LogP contribution is 2.47. The van der Waals surface area contributed by atoms with Crippen LogP contribution in [0.1, 0.15) is 11.1 Å². The molecule has 0 amide bonds. The van der Waals surface area contributed by atoms with Crippen molar-refractivity contribution < 1.29 is 28.3 Å². The molecule has 0 bridgehead atoms. The minimum atomic E-state index is -4.75. The quantitative estimate of drug-likeness (QED) is 0.562. The molecule has 0 saturated heterocycles. The molecule has 0 aliphatic heterocycles. The topological polar surface area (TPSA) is 98.1 Å². The highest BCUT2D eigenvalue weighted by atomic mass is 32.1. The van der Waals surface area contributed by atoms with Gasteiger partial charge in [0, 0.05) is 23.4 Å². The third-order valence-electron chi connectivity index (χ3n) is 4.37. The minimum absolute atomic E-state index is 0.0185. The van der Waals surface area contributed by atoms with Gasteiger partial charge in [-0.1, -0.05) is 6.07 Å². The monoisotopic (exact) mass is 421 g/mol. The third kappa shape index (κ3) is 4.20. The van der Waals surface area contributed by atoms with Gasteiger partial charge in [0.2, 0.25) is 0 Å². The molecule has 28 heavy (non-hydrogen) atoms. The summed E-state index contributed by atoms with van der Waals surface area (Å²) in [5.74, 6) is 1.20. The first kappa shape index (κ1) is 20.4. The SMILES string of the molecule is COc1ccc(-c2cnsc2-c2cc(C)c(C)c(OC)c2)c(OP(=O)(O)O)c1. The summed E-state index contributed by atoms with van der Waals surface area (Å²) < 4.78 is 31.3. The molecule has 0 aliphatic carbocycles. The van der Waals surface area contributed by atoms with Crippen molar-refractivity contribution in [2.24, 2.45) is 0 Å². The number of hydrogen-bond donors (Lipinski definition) is 2. The summed E-state index contributed by atoms with van der Waals surface area (Å²) in [4.78, 5) is 19.4. The third-order valence-corrected chi connectivity index (χ3v) is 5.65. The van der Waals surface area contributed by atoms with Crippen LogP contribution in [0.4, 0.5) is 0 Å². The van der Waals surface area contributed by atoms with Crippen LogP contribution in [0.5, 0.6) is 17.2 Å². The Bertz CT molecular complexity index is 1060. The zero-order valence-corrected chi connectivity index (χ0v) is 17.5. The number of hydrogen-bond acceptors (Lipinski definition) is 6. The Labute approximate surface area is 166 Å². The lowest BCUT2D eigenvalue weighted by molar-refractivity contribution is 0.283. The molecule has 0 atom stereocenters. The predicted octanol–water partition coefficient (Wildman–Crippen LogP) is 4.58. The van der Waals surface area contributed by atoms with E-state index in [9.17, 15) is 14.4 Å². The Morgan fingerprint density at radius 2 is 1.75 bits per heavy atom. The molecule has 0 radical (unpaired) electrons. The van der Waals surface area contributed by atoms with Gasteiger partial charge in [-0.3, -0.25) is 9.79 Å². The zero-order valence-electron chi connectivity index (χ0n) is 15.8. The molecule has 1 heterocycles. The molecule has 7 nitrogen and oxygen atoms in total. The summed E-state index contributed by atoms with van der Waals surface area (Å²) in [5.41, 5.74) is 4.21. The van der Waals surface area contributed by atoms with Gasteiger partial charge in [-0.25, -0.2) is 4.57 Å². The van der Waals surface area contributed by atoms with Gasteiger partial charge in [0.05, 0.1) is 19.1 Å². The van der Waals surface area contributed by atoms with Gasteiger partial charge in [-0.05, 0) is 60.3 Å². The number of benzene rings is 2. The molecule has 2 N–H and O–H groups in total. The number of phosphoric ester groups is 1. The first-order valence-corrected chi connectivity index (χ1v) is 10.6. The molecule has 1 aromatic heterocycles. The van der Waals surface area contributed by atoms with Gasteiger partial charge >= 0.3 is 7.82 Å². The van der Waals surface area contributed by atoms with Crippen molar-refractivity contribution in [3.8, 4) is 38.8 Å². The van der Waals surface area contributed by atoms with Crippen LogP contribution in [0.25, 0.3) is 21.6 Å². The molecule has 0 aliphatic rings. The van der Waals surface area contributed by atoms with Crippen LogP contribution in [0.15, 0.2) is 36.5 Å². The molecule has 148 valence electrons. The maximum Gasteiger partial charge on any atom is 0.524 e. The van der Waals surface area contributed by atoms with E-state index < -0.39 is 7.82 Å². The number of aryl methyl sites for hydroxylation is 1. The Kier molecular flexibility index (Phi) is 5.76. The number of ether oxygens (including phenoxy) is 2. The molecule has 0 saturated carbocycles. The average Bonchev–Trinajstić information content (AvgIpc) is 3.12. The number of methoxy groups -OCH3 is 2. The highest BCUT2D eigenvalue weighted by molar-refractivity contribution is 7.46. The van der Waals surface area contributed by atoms with E-state index >= 15 is 0 Å². The van der Waals surface area contributed by atoms with Crippen LogP contribution < -0.4 is 14.0 Å². The van der Waals surface area contributed by atoms with Crippen molar-refractivity contribution in [1.29, 1.82) is 0 Å². The van der Waals surface area contributed by atoms with E-state index in [2.05, 4.69) is 4.37 Å². The van der Waals surface area contributed by atoms with E-state index in [1.807, 2.05) is 26.0 Å². The van der Waals surface area contributed by atoms with Gasteiger partial charge in [-0.2, -0.15) is 4.37 Å². The van der Waals surface area contributed by atoms with E-state index in [-0.39, 0.29) is 5.75 Å².